The molecule has 1 aromatic heterocycles. The van der Waals surface area contributed by atoms with Crippen molar-refractivity contribution in [1.82, 2.24) is 4.98 Å². The van der Waals surface area contributed by atoms with E-state index in [4.69, 9.17) is 19.2 Å². The molecule has 0 N–H and O–H groups in total. The molecule has 0 saturated carbocycles. The summed E-state index contributed by atoms with van der Waals surface area (Å²) in [5, 5.41) is 3.42. The molecule has 4 nitrogen and oxygen atoms in total. The summed E-state index contributed by atoms with van der Waals surface area (Å²) < 4.78 is 16.4. The third-order valence-corrected chi connectivity index (χ3v) is 5.37. The van der Waals surface area contributed by atoms with Gasteiger partial charge in [0.1, 0.15) is 5.75 Å². The van der Waals surface area contributed by atoms with Crippen LogP contribution in [0.15, 0.2) is 48.5 Å². The predicted molar refractivity (Wildman–Crippen MR) is 107 cm³/mol. The molecule has 1 aliphatic heterocycles. The first kappa shape index (κ1) is 15.9. The van der Waals surface area contributed by atoms with Crippen molar-refractivity contribution in [2.24, 2.45) is 0 Å². The molecule has 3 aromatic carbocycles. The van der Waals surface area contributed by atoms with Crippen LogP contribution in [0.25, 0.3) is 32.9 Å². The first-order valence-electron chi connectivity index (χ1n) is 8.93. The Morgan fingerprint density at radius 2 is 1.59 bits per heavy atom. The Morgan fingerprint density at radius 3 is 2.41 bits per heavy atom. The average molecular weight is 357 g/mol. The van der Waals surface area contributed by atoms with Crippen LogP contribution in [-0.4, -0.2) is 18.9 Å². The van der Waals surface area contributed by atoms with Crippen LogP contribution in [0, 0.1) is 13.8 Å². The minimum atomic E-state index is 0.269. The largest absolute Gasteiger partial charge is 0.497 e. The van der Waals surface area contributed by atoms with E-state index in [0.29, 0.717) is 0 Å². The minimum Gasteiger partial charge on any atom is -0.497 e. The molecule has 0 spiro atoms. The zero-order valence-corrected chi connectivity index (χ0v) is 15.5. The highest BCUT2D eigenvalue weighted by Gasteiger charge is 2.18. The topological polar surface area (TPSA) is 40.6 Å². The van der Waals surface area contributed by atoms with E-state index in [1.165, 1.54) is 11.1 Å². The SMILES string of the molecule is COc1ccc2cc(-c3nc4cc5c(cc4c(C)c3C)OCO5)ccc2c1. The van der Waals surface area contributed by atoms with Crippen LogP contribution >= 0.6 is 0 Å². The Kier molecular flexibility index (Phi) is 3.47. The number of methoxy groups -OCH3 is 1. The highest BCUT2D eigenvalue weighted by atomic mass is 16.7. The molecule has 4 heteroatoms. The molecule has 5 rings (SSSR count). The number of hydrogen-bond acceptors (Lipinski definition) is 4. The Bertz CT molecular complexity index is 1210. The van der Waals surface area contributed by atoms with Gasteiger partial charge in [0.25, 0.3) is 0 Å². The Balaban J connectivity index is 1.71. The van der Waals surface area contributed by atoms with E-state index in [-0.39, 0.29) is 6.79 Å². The maximum Gasteiger partial charge on any atom is 0.231 e. The van der Waals surface area contributed by atoms with Gasteiger partial charge in [-0.2, -0.15) is 0 Å². The van der Waals surface area contributed by atoms with Gasteiger partial charge in [0, 0.05) is 17.0 Å². The molecule has 0 bridgehead atoms. The number of aryl methyl sites for hydroxylation is 1. The van der Waals surface area contributed by atoms with Crippen molar-refractivity contribution in [2.75, 3.05) is 13.9 Å². The van der Waals surface area contributed by atoms with Crippen LogP contribution in [0.1, 0.15) is 11.1 Å². The fourth-order valence-corrected chi connectivity index (χ4v) is 3.69. The molecule has 2 heterocycles. The second kappa shape index (κ2) is 5.88. The lowest BCUT2D eigenvalue weighted by Crippen LogP contribution is -1.95. The van der Waals surface area contributed by atoms with E-state index in [9.17, 15) is 0 Å². The molecular formula is C23H19NO3. The van der Waals surface area contributed by atoms with Gasteiger partial charge in [0.2, 0.25) is 6.79 Å². The van der Waals surface area contributed by atoms with Crippen molar-refractivity contribution in [3.05, 3.63) is 59.7 Å². The fourth-order valence-electron chi connectivity index (χ4n) is 3.69. The maximum atomic E-state index is 5.53. The number of rotatable bonds is 2. The van der Waals surface area contributed by atoms with Gasteiger partial charge < -0.3 is 14.2 Å². The standard InChI is InChI=1S/C23H19NO3/c1-13-14(2)23(24-20-11-22-21(10-19(13)20)26-12-27-22)17-5-4-16-9-18(25-3)7-6-15(16)8-17/h4-11H,12H2,1-3H3. The van der Waals surface area contributed by atoms with Crippen molar-refractivity contribution in [3.63, 3.8) is 0 Å². The van der Waals surface area contributed by atoms with Gasteiger partial charge in [-0.1, -0.05) is 18.2 Å². The maximum absolute atomic E-state index is 5.53. The van der Waals surface area contributed by atoms with Gasteiger partial charge in [-0.05, 0) is 60.0 Å². The van der Waals surface area contributed by atoms with Gasteiger partial charge in [0.05, 0.1) is 18.3 Å². The Hall–Kier alpha value is -3.27. The summed E-state index contributed by atoms with van der Waals surface area (Å²) in [6.07, 6.45) is 0. The molecule has 4 aromatic rings. The molecule has 0 aliphatic carbocycles. The molecule has 0 radical (unpaired) electrons. The van der Waals surface area contributed by atoms with Gasteiger partial charge in [-0.3, -0.25) is 0 Å². The third-order valence-electron chi connectivity index (χ3n) is 5.37. The molecular weight excluding hydrogens is 338 g/mol. The van der Waals surface area contributed by atoms with Crippen LogP contribution in [0.2, 0.25) is 0 Å². The zero-order valence-electron chi connectivity index (χ0n) is 15.5. The molecule has 0 saturated heterocycles. The highest BCUT2D eigenvalue weighted by molar-refractivity contribution is 5.92. The van der Waals surface area contributed by atoms with Gasteiger partial charge in [-0.15, -0.1) is 0 Å². The summed E-state index contributed by atoms with van der Waals surface area (Å²) in [4.78, 5) is 4.96. The van der Waals surface area contributed by atoms with E-state index < -0.39 is 0 Å². The summed E-state index contributed by atoms with van der Waals surface area (Å²) >= 11 is 0. The average Bonchev–Trinajstić information content (AvgIpc) is 3.16. The molecule has 0 atom stereocenters. The monoisotopic (exact) mass is 357 g/mol. The third kappa shape index (κ3) is 2.48. The van der Waals surface area contributed by atoms with Crippen LogP contribution in [0.5, 0.6) is 17.2 Å². The van der Waals surface area contributed by atoms with Crippen molar-refractivity contribution in [3.8, 4) is 28.5 Å². The molecule has 0 unspecified atom stereocenters. The second-order valence-corrected chi connectivity index (χ2v) is 6.86. The summed E-state index contributed by atoms with van der Waals surface area (Å²) in [5.41, 5.74) is 5.41. The van der Waals surface area contributed by atoms with Crippen molar-refractivity contribution in [1.29, 1.82) is 0 Å². The number of nitrogens with zero attached hydrogens (tertiary/aromatic N) is 1. The van der Waals surface area contributed by atoms with E-state index in [1.54, 1.807) is 7.11 Å². The van der Waals surface area contributed by atoms with Crippen LogP contribution in [0.3, 0.4) is 0 Å². The van der Waals surface area contributed by atoms with Crippen molar-refractivity contribution in [2.45, 2.75) is 13.8 Å². The lowest BCUT2D eigenvalue weighted by molar-refractivity contribution is 0.174. The Labute approximate surface area is 157 Å². The summed E-state index contributed by atoms with van der Waals surface area (Å²) in [7, 11) is 1.69. The molecule has 1 aliphatic rings. The van der Waals surface area contributed by atoms with E-state index in [1.807, 2.05) is 24.3 Å². The molecule has 0 fully saturated rings. The molecule has 27 heavy (non-hydrogen) atoms. The zero-order chi connectivity index (χ0) is 18.5. The van der Waals surface area contributed by atoms with Crippen LogP contribution in [0.4, 0.5) is 0 Å². The molecule has 0 amide bonds. The lowest BCUT2D eigenvalue weighted by Gasteiger charge is -2.13. The predicted octanol–water partition coefficient (Wildman–Crippen LogP) is 5.41. The van der Waals surface area contributed by atoms with Crippen LogP contribution in [-0.2, 0) is 0 Å². The van der Waals surface area contributed by atoms with Crippen LogP contribution < -0.4 is 14.2 Å². The van der Waals surface area contributed by atoms with E-state index in [2.05, 4.69) is 38.1 Å². The quantitative estimate of drug-likeness (QED) is 0.481. The van der Waals surface area contributed by atoms with Gasteiger partial charge in [0.15, 0.2) is 11.5 Å². The van der Waals surface area contributed by atoms with Gasteiger partial charge >= 0.3 is 0 Å². The lowest BCUT2D eigenvalue weighted by atomic mass is 9.97. The van der Waals surface area contributed by atoms with Crippen molar-refractivity contribution >= 4 is 21.7 Å². The van der Waals surface area contributed by atoms with E-state index in [0.717, 1.165) is 50.2 Å². The normalized spacial score (nSPS) is 12.7. The first-order valence-corrected chi connectivity index (χ1v) is 8.93. The summed E-state index contributed by atoms with van der Waals surface area (Å²) in [6, 6.07) is 16.5. The number of pyridine rings is 1. The first-order chi connectivity index (χ1) is 13.1. The second-order valence-electron chi connectivity index (χ2n) is 6.86. The number of fused-ring (bicyclic) bond motifs is 3. The smallest absolute Gasteiger partial charge is 0.231 e. The number of benzene rings is 3. The van der Waals surface area contributed by atoms with Gasteiger partial charge in [-0.25, -0.2) is 4.98 Å². The highest BCUT2D eigenvalue weighted by Crippen LogP contribution is 2.39. The number of aromatic nitrogens is 1. The summed E-state index contributed by atoms with van der Waals surface area (Å²) in [5.74, 6) is 2.41. The Morgan fingerprint density at radius 1 is 0.852 bits per heavy atom. The van der Waals surface area contributed by atoms with E-state index >= 15 is 0 Å². The number of hydrogen-bond donors (Lipinski definition) is 0. The number of ether oxygens (including phenoxy) is 3. The van der Waals surface area contributed by atoms with Crippen molar-refractivity contribution < 1.29 is 14.2 Å². The molecule has 134 valence electrons. The summed E-state index contributed by atoms with van der Waals surface area (Å²) in [6.45, 7) is 4.53. The minimum absolute atomic E-state index is 0.269. The fraction of sp³-hybridized carbons (Fsp3) is 0.174.